The van der Waals surface area contributed by atoms with E-state index in [9.17, 15) is 9.59 Å². The van der Waals surface area contributed by atoms with Gasteiger partial charge >= 0.3 is 0 Å². The molecule has 2 amide bonds. The molecule has 2 aromatic carbocycles. The van der Waals surface area contributed by atoms with Crippen LogP contribution in [0.3, 0.4) is 0 Å². The predicted molar refractivity (Wildman–Crippen MR) is 127 cm³/mol. The number of imide groups is 1. The summed E-state index contributed by atoms with van der Waals surface area (Å²) < 4.78 is 0. The molecule has 6 heteroatoms. The highest BCUT2D eigenvalue weighted by Gasteiger charge is 2.42. The van der Waals surface area contributed by atoms with Crippen LogP contribution in [0.25, 0.3) is 5.57 Å². The SMILES string of the molecule is CCN(CCc1ccncc1)C1=C(c2ccc(Cl)cc2)C(=O)N(c2ccc(C)cc2)C1=O. The number of aryl methyl sites for hydroxylation is 1. The molecule has 0 aliphatic carbocycles. The summed E-state index contributed by atoms with van der Waals surface area (Å²) in [4.78, 5) is 34.5. The van der Waals surface area contributed by atoms with Crippen LogP contribution in [0.2, 0.25) is 5.02 Å². The molecule has 1 aliphatic rings. The van der Waals surface area contributed by atoms with Gasteiger partial charge in [-0.1, -0.05) is 41.4 Å². The smallest absolute Gasteiger partial charge is 0.282 e. The number of likely N-dealkylation sites (N-methyl/N-ethyl adjacent to an activating group) is 1. The Labute approximate surface area is 193 Å². The van der Waals surface area contributed by atoms with Gasteiger partial charge in [-0.15, -0.1) is 0 Å². The van der Waals surface area contributed by atoms with E-state index >= 15 is 0 Å². The molecule has 1 aliphatic heterocycles. The molecule has 0 bridgehead atoms. The largest absolute Gasteiger partial charge is 0.366 e. The molecular formula is C26H24ClN3O2. The zero-order valence-electron chi connectivity index (χ0n) is 18.1. The highest BCUT2D eigenvalue weighted by molar-refractivity contribution is 6.45. The van der Waals surface area contributed by atoms with E-state index in [2.05, 4.69) is 4.98 Å². The molecule has 0 unspecified atom stereocenters. The second-order valence-corrected chi connectivity index (χ2v) is 8.13. The molecule has 162 valence electrons. The summed E-state index contributed by atoms with van der Waals surface area (Å²) in [7, 11) is 0. The van der Waals surface area contributed by atoms with Gasteiger partial charge in [0.25, 0.3) is 11.8 Å². The first-order chi connectivity index (χ1) is 15.5. The minimum atomic E-state index is -0.321. The number of pyridine rings is 1. The van der Waals surface area contributed by atoms with E-state index in [-0.39, 0.29) is 11.8 Å². The molecule has 0 saturated carbocycles. The fourth-order valence-corrected chi connectivity index (χ4v) is 3.98. The molecule has 1 aromatic heterocycles. The summed E-state index contributed by atoms with van der Waals surface area (Å²) in [5.41, 5.74) is 4.26. The van der Waals surface area contributed by atoms with Gasteiger partial charge in [0.1, 0.15) is 5.70 Å². The van der Waals surface area contributed by atoms with Gasteiger partial charge in [0.2, 0.25) is 0 Å². The second kappa shape index (κ2) is 9.37. The molecule has 4 rings (SSSR count). The van der Waals surface area contributed by atoms with Crippen LogP contribution in [0.15, 0.2) is 78.8 Å². The first-order valence-corrected chi connectivity index (χ1v) is 11.0. The number of nitrogens with zero attached hydrogens (tertiary/aromatic N) is 3. The first kappa shape index (κ1) is 21.8. The molecule has 0 radical (unpaired) electrons. The zero-order chi connectivity index (χ0) is 22.7. The van der Waals surface area contributed by atoms with Crippen LogP contribution < -0.4 is 4.90 Å². The lowest BCUT2D eigenvalue weighted by atomic mass is 10.0. The quantitative estimate of drug-likeness (QED) is 0.486. The van der Waals surface area contributed by atoms with Crippen LogP contribution in [-0.4, -0.2) is 34.8 Å². The Bertz CT molecular complexity index is 1160. The van der Waals surface area contributed by atoms with E-state index < -0.39 is 0 Å². The average molecular weight is 446 g/mol. The van der Waals surface area contributed by atoms with Crippen molar-refractivity contribution in [3.63, 3.8) is 0 Å². The number of anilines is 1. The van der Waals surface area contributed by atoms with E-state index in [1.807, 2.05) is 43.0 Å². The highest BCUT2D eigenvalue weighted by atomic mass is 35.5. The third-order valence-electron chi connectivity index (χ3n) is 5.60. The average Bonchev–Trinajstić information content (AvgIpc) is 3.06. The van der Waals surface area contributed by atoms with Crippen molar-refractivity contribution in [2.24, 2.45) is 0 Å². The van der Waals surface area contributed by atoms with Crippen molar-refractivity contribution in [1.82, 2.24) is 9.88 Å². The third-order valence-corrected chi connectivity index (χ3v) is 5.85. The molecule has 0 atom stereocenters. The number of benzene rings is 2. The van der Waals surface area contributed by atoms with Gasteiger partial charge in [0.05, 0.1) is 11.3 Å². The summed E-state index contributed by atoms with van der Waals surface area (Å²) in [5, 5.41) is 0.577. The number of rotatable bonds is 7. The Balaban J connectivity index is 1.75. The van der Waals surface area contributed by atoms with Crippen LogP contribution in [0, 0.1) is 6.92 Å². The second-order valence-electron chi connectivity index (χ2n) is 7.70. The summed E-state index contributed by atoms with van der Waals surface area (Å²) in [6.45, 7) is 5.16. The molecular weight excluding hydrogens is 422 g/mol. The normalized spacial score (nSPS) is 13.8. The van der Waals surface area contributed by atoms with Gasteiger partial charge < -0.3 is 4.90 Å². The van der Waals surface area contributed by atoms with Crippen molar-refractivity contribution < 1.29 is 9.59 Å². The summed E-state index contributed by atoms with van der Waals surface area (Å²) >= 11 is 6.07. The van der Waals surface area contributed by atoms with Gasteiger partial charge in [0.15, 0.2) is 0 Å². The molecule has 0 spiro atoms. The van der Waals surface area contributed by atoms with E-state index in [0.717, 1.165) is 17.5 Å². The van der Waals surface area contributed by atoms with Crippen molar-refractivity contribution in [2.45, 2.75) is 20.3 Å². The number of halogens is 1. The number of hydrogen-bond acceptors (Lipinski definition) is 4. The van der Waals surface area contributed by atoms with Crippen molar-refractivity contribution >= 4 is 34.7 Å². The Morgan fingerprint density at radius 1 is 0.906 bits per heavy atom. The molecule has 5 nitrogen and oxygen atoms in total. The summed E-state index contributed by atoms with van der Waals surface area (Å²) in [6.07, 6.45) is 4.25. The Kier molecular flexibility index (Phi) is 6.37. The molecule has 3 aromatic rings. The Hall–Kier alpha value is -3.44. The number of aromatic nitrogens is 1. The molecule has 32 heavy (non-hydrogen) atoms. The fourth-order valence-electron chi connectivity index (χ4n) is 3.86. The van der Waals surface area contributed by atoms with Crippen LogP contribution >= 0.6 is 11.6 Å². The minimum Gasteiger partial charge on any atom is -0.366 e. The minimum absolute atomic E-state index is 0.305. The molecule has 0 saturated heterocycles. The molecule has 2 heterocycles. The lowest BCUT2D eigenvalue weighted by Gasteiger charge is -2.25. The zero-order valence-corrected chi connectivity index (χ0v) is 18.8. The van der Waals surface area contributed by atoms with E-state index in [0.29, 0.717) is 40.6 Å². The Morgan fingerprint density at radius 2 is 1.56 bits per heavy atom. The van der Waals surface area contributed by atoms with Gasteiger partial charge in [0, 0.05) is 30.5 Å². The topological polar surface area (TPSA) is 53.5 Å². The number of amides is 2. The summed E-state index contributed by atoms with van der Waals surface area (Å²) in [6, 6.07) is 18.4. The van der Waals surface area contributed by atoms with Crippen LogP contribution in [0.5, 0.6) is 0 Å². The van der Waals surface area contributed by atoms with E-state index in [1.165, 1.54) is 4.90 Å². The van der Waals surface area contributed by atoms with Crippen LogP contribution in [0.1, 0.15) is 23.6 Å². The van der Waals surface area contributed by atoms with Gasteiger partial charge in [-0.05, 0) is 67.8 Å². The molecule has 0 N–H and O–H groups in total. The summed E-state index contributed by atoms with van der Waals surface area (Å²) in [5.74, 6) is -0.626. The van der Waals surface area contributed by atoms with Gasteiger partial charge in [-0.2, -0.15) is 0 Å². The van der Waals surface area contributed by atoms with Crippen molar-refractivity contribution in [2.75, 3.05) is 18.0 Å². The fraction of sp³-hybridized carbons (Fsp3) is 0.192. The van der Waals surface area contributed by atoms with E-state index in [1.54, 1.807) is 48.8 Å². The monoisotopic (exact) mass is 445 g/mol. The maximum Gasteiger partial charge on any atom is 0.282 e. The van der Waals surface area contributed by atoms with Gasteiger partial charge in [-0.25, -0.2) is 4.90 Å². The van der Waals surface area contributed by atoms with Gasteiger partial charge in [-0.3, -0.25) is 14.6 Å². The van der Waals surface area contributed by atoms with Crippen molar-refractivity contribution in [3.05, 3.63) is 100 Å². The standard InChI is InChI=1S/C26H24ClN3O2/c1-3-29(17-14-19-12-15-28-16-13-19)24-23(20-6-8-21(27)9-7-20)25(31)30(26(24)32)22-10-4-18(2)5-11-22/h4-13,15-16H,3,14,17H2,1-2H3. The number of carbonyl (C=O) groups is 2. The Morgan fingerprint density at radius 3 is 2.19 bits per heavy atom. The van der Waals surface area contributed by atoms with E-state index in [4.69, 9.17) is 11.6 Å². The third kappa shape index (κ3) is 4.30. The van der Waals surface area contributed by atoms with Crippen molar-refractivity contribution in [3.8, 4) is 0 Å². The van der Waals surface area contributed by atoms with Crippen molar-refractivity contribution in [1.29, 1.82) is 0 Å². The highest BCUT2D eigenvalue weighted by Crippen LogP contribution is 2.35. The maximum absolute atomic E-state index is 13.6. The predicted octanol–water partition coefficient (Wildman–Crippen LogP) is 4.89. The maximum atomic E-state index is 13.6. The van der Waals surface area contributed by atoms with Crippen LogP contribution in [0.4, 0.5) is 5.69 Å². The number of carbonyl (C=O) groups excluding carboxylic acids is 2. The first-order valence-electron chi connectivity index (χ1n) is 10.6. The lowest BCUT2D eigenvalue weighted by molar-refractivity contribution is -0.120. The van der Waals surface area contributed by atoms with Crippen LogP contribution in [-0.2, 0) is 16.0 Å². The molecule has 0 fully saturated rings. The lowest BCUT2D eigenvalue weighted by Crippen LogP contribution is -2.36. The number of hydrogen-bond donors (Lipinski definition) is 0.